The van der Waals surface area contributed by atoms with Gasteiger partial charge < -0.3 is 10.1 Å². The topological polar surface area (TPSA) is 101 Å². The molecule has 8 nitrogen and oxygen atoms in total. The van der Waals surface area contributed by atoms with Crippen LogP contribution < -0.4 is 10.1 Å². The van der Waals surface area contributed by atoms with Crippen molar-refractivity contribution in [1.29, 1.82) is 0 Å². The van der Waals surface area contributed by atoms with Crippen molar-refractivity contribution in [2.24, 2.45) is 0 Å². The zero-order valence-corrected chi connectivity index (χ0v) is 22.9. The van der Waals surface area contributed by atoms with E-state index >= 15 is 0 Å². The number of ether oxygens (including phenoxy) is 1. The molecule has 0 spiro atoms. The molecular weight excluding hydrogens is 548 g/mol. The molecule has 7 rings (SSSR count). The molecule has 0 saturated heterocycles. The Labute approximate surface area is 245 Å². The maximum atomic E-state index is 13.1. The van der Waals surface area contributed by atoms with Crippen LogP contribution in [0.15, 0.2) is 113 Å². The first-order chi connectivity index (χ1) is 20.5. The van der Waals surface area contributed by atoms with Gasteiger partial charge in [-0.25, -0.2) is 0 Å². The molecule has 0 atom stereocenters. The molecule has 0 fully saturated rings. The summed E-state index contributed by atoms with van der Waals surface area (Å²) in [5.41, 5.74) is 3.85. The highest BCUT2D eigenvalue weighted by atomic mass is 32.2. The van der Waals surface area contributed by atoms with Gasteiger partial charge in [0.2, 0.25) is 5.91 Å². The van der Waals surface area contributed by atoms with Crippen LogP contribution in [0.5, 0.6) is 11.5 Å². The smallest absolute Gasteiger partial charge is 0.262 e. The summed E-state index contributed by atoms with van der Waals surface area (Å²) in [6.07, 6.45) is 0.488. The number of anilines is 1. The molecule has 0 radical (unpaired) electrons. The second-order valence-electron chi connectivity index (χ2n) is 9.87. The van der Waals surface area contributed by atoms with Gasteiger partial charge in [-0.15, -0.1) is 10.2 Å². The van der Waals surface area contributed by atoms with E-state index in [1.165, 1.54) is 0 Å². The number of para-hydroxylation sites is 1. The Morgan fingerprint density at radius 1 is 0.762 bits per heavy atom. The predicted octanol–water partition coefficient (Wildman–Crippen LogP) is 6.23. The minimum Gasteiger partial charge on any atom is -0.455 e. The normalized spacial score (nSPS) is 13.2. The Hall–Kier alpha value is -5.28. The summed E-state index contributed by atoms with van der Waals surface area (Å²) in [7, 11) is 0. The van der Waals surface area contributed by atoms with Crippen LogP contribution >= 0.6 is 11.8 Å². The van der Waals surface area contributed by atoms with Crippen LogP contribution in [-0.4, -0.2) is 39.4 Å². The maximum Gasteiger partial charge on any atom is 0.262 e. The summed E-state index contributed by atoms with van der Waals surface area (Å²) in [5, 5.41) is 11.6. The van der Waals surface area contributed by atoms with Crippen molar-refractivity contribution >= 4 is 35.3 Å². The quantitative estimate of drug-likeness (QED) is 0.237. The fourth-order valence-electron chi connectivity index (χ4n) is 5.01. The number of imide groups is 1. The molecule has 0 saturated carbocycles. The van der Waals surface area contributed by atoms with E-state index in [0.717, 1.165) is 42.9 Å². The summed E-state index contributed by atoms with van der Waals surface area (Å²) in [6.45, 7) is -0.427. The molecule has 3 amide bonds. The molecule has 3 heterocycles. The lowest BCUT2D eigenvalue weighted by molar-refractivity contribution is -0.116. The highest BCUT2D eigenvalue weighted by Crippen LogP contribution is 2.47. The zero-order valence-electron chi connectivity index (χ0n) is 22.1. The standard InChI is InChI=1S/C33H22N4O4S/c38-30(19-37-32(39)23-10-4-5-11-24(23)33(37)40)34-31-22(16-20-8-2-1-3-9-20)17-25(35-36-31)21-14-15-27-29(18-21)42-28-13-7-6-12-26(28)41-27/h1-15,17-18H,16,19H2,(H,34,36,38). The second kappa shape index (κ2) is 10.6. The van der Waals surface area contributed by atoms with E-state index in [4.69, 9.17) is 4.74 Å². The SMILES string of the molecule is O=C(CN1C(=O)c2ccccc2C1=O)Nc1nnc(-c2ccc3c(c2)Sc2ccccc2O3)cc1Cc1ccccc1. The molecule has 0 bridgehead atoms. The first-order valence-corrected chi connectivity index (χ1v) is 14.1. The fourth-order valence-corrected chi connectivity index (χ4v) is 6.00. The Balaban J connectivity index is 1.16. The third-order valence-corrected chi connectivity index (χ3v) is 8.17. The summed E-state index contributed by atoms with van der Waals surface area (Å²) in [6, 6.07) is 32.0. The fraction of sp³-hybridized carbons (Fsp3) is 0.0606. The first-order valence-electron chi connectivity index (χ1n) is 13.3. The number of carbonyl (C=O) groups is 3. The number of hydrogen-bond acceptors (Lipinski definition) is 7. The van der Waals surface area contributed by atoms with Gasteiger partial charge in [-0.2, -0.15) is 0 Å². The first kappa shape index (κ1) is 25.7. The molecule has 0 aliphatic carbocycles. The van der Waals surface area contributed by atoms with Gasteiger partial charge in [-0.3, -0.25) is 19.3 Å². The number of hydrogen-bond donors (Lipinski definition) is 1. The van der Waals surface area contributed by atoms with Gasteiger partial charge in [0.05, 0.1) is 26.6 Å². The molecule has 204 valence electrons. The third kappa shape index (κ3) is 4.80. The van der Waals surface area contributed by atoms with Crippen LogP contribution in [0.3, 0.4) is 0 Å². The number of fused-ring (bicyclic) bond motifs is 3. The minimum absolute atomic E-state index is 0.272. The average molecular weight is 571 g/mol. The zero-order chi connectivity index (χ0) is 28.6. The third-order valence-electron chi connectivity index (χ3n) is 7.08. The van der Waals surface area contributed by atoms with Crippen molar-refractivity contribution in [2.45, 2.75) is 16.2 Å². The van der Waals surface area contributed by atoms with E-state index < -0.39 is 24.3 Å². The predicted molar refractivity (Wildman–Crippen MR) is 158 cm³/mol. The molecule has 5 aromatic rings. The highest BCUT2D eigenvalue weighted by Gasteiger charge is 2.36. The lowest BCUT2D eigenvalue weighted by atomic mass is 10.0. The molecule has 2 aliphatic heterocycles. The molecule has 1 N–H and O–H groups in total. The number of nitrogens with one attached hydrogen (secondary N) is 1. The second-order valence-corrected chi connectivity index (χ2v) is 11.0. The molecule has 0 unspecified atom stereocenters. The number of carbonyl (C=O) groups excluding carboxylic acids is 3. The molecule has 4 aromatic carbocycles. The van der Waals surface area contributed by atoms with E-state index in [0.29, 0.717) is 23.2 Å². The molecular formula is C33H22N4O4S. The Morgan fingerprint density at radius 3 is 2.24 bits per heavy atom. The van der Waals surface area contributed by atoms with Crippen LogP contribution in [-0.2, 0) is 11.2 Å². The van der Waals surface area contributed by atoms with Crippen molar-refractivity contribution in [3.8, 4) is 22.8 Å². The van der Waals surface area contributed by atoms with E-state index in [1.54, 1.807) is 36.0 Å². The van der Waals surface area contributed by atoms with Crippen molar-refractivity contribution in [1.82, 2.24) is 15.1 Å². The van der Waals surface area contributed by atoms with Gasteiger partial charge in [0.25, 0.3) is 11.8 Å². The summed E-state index contributed by atoms with van der Waals surface area (Å²) >= 11 is 1.63. The number of aromatic nitrogens is 2. The van der Waals surface area contributed by atoms with Crippen LogP contribution in [0, 0.1) is 0 Å². The van der Waals surface area contributed by atoms with Gasteiger partial charge in [-0.1, -0.05) is 66.4 Å². The Bertz CT molecular complexity index is 1860. The number of nitrogens with zero attached hydrogens (tertiary/aromatic N) is 3. The highest BCUT2D eigenvalue weighted by molar-refractivity contribution is 7.99. The summed E-state index contributed by atoms with van der Waals surface area (Å²) in [4.78, 5) is 41.6. The largest absolute Gasteiger partial charge is 0.455 e. The van der Waals surface area contributed by atoms with Crippen molar-refractivity contribution in [3.63, 3.8) is 0 Å². The van der Waals surface area contributed by atoms with E-state index in [9.17, 15) is 14.4 Å². The van der Waals surface area contributed by atoms with Crippen LogP contribution in [0.25, 0.3) is 11.3 Å². The Morgan fingerprint density at radius 2 is 1.45 bits per heavy atom. The van der Waals surface area contributed by atoms with Gasteiger partial charge in [0, 0.05) is 17.5 Å². The van der Waals surface area contributed by atoms with Gasteiger partial charge in [-0.05, 0) is 54.1 Å². The van der Waals surface area contributed by atoms with Gasteiger partial charge in [0.1, 0.15) is 18.0 Å². The average Bonchev–Trinajstić information content (AvgIpc) is 3.26. The lowest BCUT2D eigenvalue weighted by Crippen LogP contribution is -2.37. The van der Waals surface area contributed by atoms with Gasteiger partial charge in [0.15, 0.2) is 5.82 Å². The van der Waals surface area contributed by atoms with E-state index in [-0.39, 0.29) is 5.82 Å². The van der Waals surface area contributed by atoms with E-state index in [2.05, 4.69) is 15.5 Å². The van der Waals surface area contributed by atoms with Crippen molar-refractivity contribution < 1.29 is 19.1 Å². The monoisotopic (exact) mass is 570 g/mol. The molecule has 1 aromatic heterocycles. The van der Waals surface area contributed by atoms with Crippen LogP contribution in [0.1, 0.15) is 31.8 Å². The lowest BCUT2D eigenvalue weighted by Gasteiger charge is -2.20. The summed E-state index contributed by atoms with van der Waals surface area (Å²) in [5.74, 6) is 0.351. The van der Waals surface area contributed by atoms with Crippen molar-refractivity contribution in [2.75, 3.05) is 11.9 Å². The van der Waals surface area contributed by atoms with Gasteiger partial charge >= 0.3 is 0 Å². The Kier molecular flexibility index (Phi) is 6.48. The number of rotatable bonds is 6. The van der Waals surface area contributed by atoms with Crippen molar-refractivity contribution in [3.05, 3.63) is 125 Å². The number of benzene rings is 4. The molecule has 9 heteroatoms. The minimum atomic E-state index is -0.540. The molecule has 42 heavy (non-hydrogen) atoms. The van der Waals surface area contributed by atoms with Crippen LogP contribution in [0.4, 0.5) is 5.82 Å². The summed E-state index contributed by atoms with van der Waals surface area (Å²) < 4.78 is 6.07. The van der Waals surface area contributed by atoms with E-state index in [1.807, 2.05) is 78.9 Å². The number of amides is 3. The molecule has 2 aliphatic rings. The van der Waals surface area contributed by atoms with Crippen LogP contribution in [0.2, 0.25) is 0 Å². The maximum absolute atomic E-state index is 13.1.